The van der Waals surface area contributed by atoms with Crippen molar-refractivity contribution in [2.45, 2.75) is 38.6 Å². The van der Waals surface area contributed by atoms with Crippen molar-refractivity contribution in [1.29, 1.82) is 0 Å². The molecule has 0 fully saturated rings. The molecule has 0 atom stereocenters. The Morgan fingerprint density at radius 1 is 1.48 bits per heavy atom. The fraction of sp³-hybridized carbons (Fsp3) is 0.467. The summed E-state index contributed by atoms with van der Waals surface area (Å²) in [5, 5.41) is 5.66. The van der Waals surface area contributed by atoms with Gasteiger partial charge in [0.1, 0.15) is 11.3 Å². The Hall–Kier alpha value is -1.66. The lowest BCUT2D eigenvalue weighted by atomic mass is 9.94. The van der Waals surface area contributed by atoms with Gasteiger partial charge in [0.2, 0.25) is 5.91 Å². The molecule has 2 rings (SSSR count). The summed E-state index contributed by atoms with van der Waals surface area (Å²) in [5.41, 5.74) is 7.55. The molecule has 0 bridgehead atoms. The molecule has 0 aliphatic carbocycles. The number of hydrogen-bond donors (Lipinski definition) is 2. The number of thiazole rings is 1. The van der Waals surface area contributed by atoms with Crippen molar-refractivity contribution in [3.05, 3.63) is 29.7 Å². The van der Waals surface area contributed by atoms with Crippen LogP contribution in [-0.4, -0.2) is 23.0 Å². The van der Waals surface area contributed by atoms with Gasteiger partial charge in [-0.25, -0.2) is 4.98 Å². The molecular weight excluding hydrogens is 286 g/mol. The number of carbonyl (C=O) groups excluding carboxylic acids is 1. The van der Waals surface area contributed by atoms with Gasteiger partial charge in [-0.1, -0.05) is 13.8 Å². The van der Waals surface area contributed by atoms with Crippen molar-refractivity contribution < 1.29 is 9.21 Å². The monoisotopic (exact) mass is 307 g/mol. The second-order valence-electron chi connectivity index (χ2n) is 5.18. The highest BCUT2D eigenvalue weighted by Gasteiger charge is 2.21. The molecule has 0 saturated carbocycles. The van der Waals surface area contributed by atoms with E-state index in [0.29, 0.717) is 6.54 Å². The van der Waals surface area contributed by atoms with Crippen molar-refractivity contribution >= 4 is 17.2 Å². The molecule has 0 radical (unpaired) electrons. The van der Waals surface area contributed by atoms with Crippen LogP contribution in [0.3, 0.4) is 0 Å². The smallest absolute Gasteiger partial charge is 0.226 e. The third kappa shape index (κ3) is 4.15. The van der Waals surface area contributed by atoms with E-state index >= 15 is 0 Å². The van der Waals surface area contributed by atoms with Crippen molar-refractivity contribution in [2.75, 3.05) is 6.54 Å². The van der Waals surface area contributed by atoms with Gasteiger partial charge < -0.3 is 15.5 Å². The highest BCUT2D eigenvalue weighted by molar-refractivity contribution is 7.13. The summed E-state index contributed by atoms with van der Waals surface area (Å²) in [7, 11) is 0. The number of hydrogen-bond acceptors (Lipinski definition) is 5. The predicted octanol–water partition coefficient (Wildman–Crippen LogP) is 2.58. The first-order chi connectivity index (χ1) is 10.1. The summed E-state index contributed by atoms with van der Waals surface area (Å²) in [4.78, 5) is 16.4. The number of furan rings is 1. The Kier molecular flexibility index (Phi) is 5.14. The van der Waals surface area contributed by atoms with Crippen LogP contribution >= 0.6 is 11.3 Å². The van der Waals surface area contributed by atoms with Crippen molar-refractivity contribution in [3.8, 4) is 10.6 Å². The third-order valence-electron chi connectivity index (χ3n) is 3.71. The second kappa shape index (κ2) is 6.87. The van der Waals surface area contributed by atoms with E-state index < -0.39 is 0 Å². The Labute approximate surface area is 128 Å². The first kappa shape index (κ1) is 15.7. The highest BCUT2D eigenvalue weighted by atomic mass is 32.1. The zero-order chi connectivity index (χ0) is 15.3. The van der Waals surface area contributed by atoms with Crippen LogP contribution in [0.15, 0.2) is 28.4 Å². The molecule has 0 spiro atoms. The maximum absolute atomic E-state index is 12.0. The summed E-state index contributed by atoms with van der Waals surface area (Å²) in [6.45, 7) is 4.57. The fourth-order valence-corrected chi connectivity index (χ4v) is 2.71. The molecule has 2 aromatic heterocycles. The van der Waals surface area contributed by atoms with Crippen LogP contribution in [0, 0.1) is 0 Å². The minimum atomic E-state index is -0.320. The standard InChI is InChI=1S/C15H21N3O2S/c1-3-15(16,4-2)10-17-13(19)7-12-9-21-14(18-12)11-5-6-20-8-11/h5-6,8-9H,3-4,7,10,16H2,1-2H3,(H,17,19). The topological polar surface area (TPSA) is 81.1 Å². The minimum Gasteiger partial charge on any atom is -0.472 e. The van der Waals surface area contributed by atoms with Crippen LogP contribution < -0.4 is 11.1 Å². The summed E-state index contributed by atoms with van der Waals surface area (Å²) < 4.78 is 5.03. The molecule has 1 amide bonds. The number of nitrogens with zero attached hydrogens (tertiary/aromatic N) is 1. The Morgan fingerprint density at radius 3 is 2.86 bits per heavy atom. The van der Waals surface area contributed by atoms with Crippen LogP contribution in [0.5, 0.6) is 0 Å². The molecular formula is C15H21N3O2S. The lowest BCUT2D eigenvalue weighted by Crippen LogP contribution is -2.49. The molecule has 0 saturated heterocycles. The zero-order valence-corrected chi connectivity index (χ0v) is 13.2. The molecule has 6 heteroatoms. The first-order valence-electron chi connectivity index (χ1n) is 7.09. The van der Waals surface area contributed by atoms with E-state index in [4.69, 9.17) is 10.2 Å². The third-order valence-corrected chi connectivity index (χ3v) is 4.65. The molecule has 0 aliphatic heterocycles. The average Bonchev–Trinajstić information content (AvgIpc) is 3.15. The van der Waals surface area contributed by atoms with Gasteiger partial charge in [-0.05, 0) is 18.9 Å². The quantitative estimate of drug-likeness (QED) is 0.824. The fourth-order valence-electron chi connectivity index (χ4n) is 1.91. The largest absolute Gasteiger partial charge is 0.472 e. The van der Waals surface area contributed by atoms with E-state index in [0.717, 1.165) is 29.1 Å². The number of carbonyl (C=O) groups is 1. The van der Waals surface area contributed by atoms with Gasteiger partial charge in [0, 0.05) is 23.0 Å². The van der Waals surface area contributed by atoms with Crippen LogP contribution in [0.1, 0.15) is 32.4 Å². The van der Waals surface area contributed by atoms with E-state index in [1.165, 1.54) is 11.3 Å². The predicted molar refractivity (Wildman–Crippen MR) is 84.0 cm³/mol. The zero-order valence-electron chi connectivity index (χ0n) is 12.4. The van der Waals surface area contributed by atoms with Gasteiger partial charge in [-0.2, -0.15) is 0 Å². The van der Waals surface area contributed by atoms with Crippen LogP contribution in [-0.2, 0) is 11.2 Å². The maximum atomic E-state index is 12.0. The number of nitrogens with one attached hydrogen (secondary N) is 1. The van der Waals surface area contributed by atoms with Crippen LogP contribution in [0.25, 0.3) is 10.6 Å². The SMILES string of the molecule is CCC(N)(CC)CNC(=O)Cc1csc(-c2ccoc2)n1. The van der Waals surface area contributed by atoms with Crippen molar-refractivity contribution in [2.24, 2.45) is 5.73 Å². The molecule has 2 aromatic rings. The van der Waals surface area contributed by atoms with E-state index in [-0.39, 0.29) is 17.9 Å². The van der Waals surface area contributed by atoms with E-state index in [9.17, 15) is 4.79 Å². The van der Waals surface area contributed by atoms with Gasteiger partial charge in [-0.15, -0.1) is 11.3 Å². The van der Waals surface area contributed by atoms with Crippen LogP contribution in [0.4, 0.5) is 0 Å². The molecule has 114 valence electrons. The highest BCUT2D eigenvalue weighted by Crippen LogP contribution is 2.24. The van der Waals surface area contributed by atoms with Gasteiger partial charge >= 0.3 is 0 Å². The van der Waals surface area contributed by atoms with E-state index in [2.05, 4.69) is 10.3 Å². The van der Waals surface area contributed by atoms with Crippen molar-refractivity contribution in [1.82, 2.24) is 10.3 Å². The van der Waals surface area contributed by atoms with Gasteiger partial charge in [0.25, 0.3) is 0 Å². The molecule has 0 aromatic carbocycles. The van der Waals surface area contributed by atoms with Crippen molar-refractivity contribution in [3.63, 3.8) is 0 Å². The molecule has 3 N–H and O–H groups in total. The molecule has 21 heavy (non-hydrogen) atoms. The number of amides is 1. The number of rotatable bonds is 7. The Bertz CT molecular complexity index is 574. The molecule has 2 heterocycles. The number of nitrogens with two attached hydrogens (primary N) is 1. The summed E-state index contributed by atoms with van der Waals surface area (Å²) in [6.07, 6.45) is 5.21. The summed E-state index contributed by atoms with van der Waals surface area (Å²) in [5.74, 6) is -0.0456. The molecule has 0 unspecified atom stereocenters. The number of aromatic nitrogens is 1. The van der Waals surface area contributed by atoms with E-state index in [1.54, 1.807) is 12.5 Å². The lowest BCUT2D eigenvalue weighted by molar-refractivity contribution is -0.120. The van der Waals surface area contributed by atoms with Gasteiger partial charge in [0.15, 0.2) is 0 Å². The normalized spacial score (nSPS) is 11.6. The first-order valence-corrected chi connectivity index (χ1v) is 7.97. The van der Waals surface area contributed by atoms with E-state index in [1.807, 2.05) is 25.3 Å². The average molecular weight is 307 g/mol. The summed E-state index contributed by atoms with van der Waals surface area (Å²) >= 11 is 1.51. The lowest BCUT2D eigenvalue weighted by Gasteiger charge is -2.26. The van der Waals surface area contributed by atoms with Gasteiger partial charge in [0.05, 0.1) is 18.4 Å². The molecule has 5 nitrogen and oxygen atoms in total. The van der Waals surface area contributed by atoms with Crippen LogP contribution in [0.2, 0.25) is 0 Å². The Morgan fingerprint density at radius 2 is 2.24 bits per heavy atom. The Balaban J connectivity index is 1.89. The maximum Gasteiger partial charge on any atom is 0.226 e. The van der Waals surface area contributed by atoms with Gasteiger partial charge in [-0.3, -0.25) is 4.79 Å². The second-order valence-corrected chi connectivity index (χ2v) is 6.04. The summed E-state index contributed by atoms with van der Waals surface area (Å²) in [6, 6.07) is 1.86. The minimum absolute atomic E-state index is 0.0456. The molecule has 0 aliphatic rings.